The highest BCUT2D eigenvalue weighted by atomic mass is 32.2. The highest BCUT2D eigenvalue weighted by Crippen LogP contribution is 2.33. The molecule has 1 fully saturated rings. The molecule has 3 rings (SSSR count). The molecule has 2 aromatic heterocycles. The maximum Gasteiger partial charge on any atom is 0.305 e. The van der Waals surface area contributed by atoms with E-state index in [1.807, 2.05) is 13.8 Å². The fraction of sp³-hybridized carbons (Fsp3) is 0.381. The Bertz CT molecular complexity index is 1130. The van der Waals surface area contributed by atoms with Crippen LogP contribution in [0.1, 0.15) is 32.3 Å². The molecule has 0 bridgehead atoms. The normalized spacial score (nSPS) is 15.3. The number of aromatic nitrogens is 2. The van der Waals surface area contributed by atoms with Crippen LogP contribution >= 0.6 is 24.0 Å². The van der Waals surface area contributed by atoms with Crippen molar-refractivity contribution < 1.29 is 19.4 Å². The predicted octanol–water partition coefficient (Wildman–Crippen LogP) is 2.60. The number of rotatable bonds is 10. The molecule has 0 unspecified atom stereocenters. The zero-order chi connectivity index (χ0) is 23.3. The van der Waals surface area contributed by atoms with Crippen LogP contribution in [0.3, 0.4) is 0 Å². The molecule has 0 aromatic carbocycles. The number of carboxylic acids is 1. The molecule has 3 heterocycles. The number of aliphatic carboxylic acids is 1. The Morgan fingerprint density at radius 2 is 2.16 bits per heavy atom. The van der Waals surface area contributed by atoms with E-state index in [1.54, 1.807) is 24.4 Å². The van der Waals surface area contributed by atoms with E-state index < -0.39 is 11.9 Å². The third-order valence-corrected chi connectivity index (χ3v) is 5.91. The molecule has 0 radical (unpaired) electrons. The van der Waals surface area contributed by atoms with Crippen molar-refractivity contribution in [3.05, 3.63) is 45.2 Å². The molecule has 32 heavy (non-hydrogen) atoms. The van der Waals surface area contributed by atoms with E-state index in [0.29, 0.717) is 31.0 Å². The summed E-state index contributed by atoms with van der Waals surface area (Å²) < 4.78 is 7.21. The number of hydrogen-bond acceptors (Lipinski definition) is 8. The third kappa shape index (κ3) is 5.72. The lowest BCUT2D eigenvalue weighted by molar-refractivity contribution is -0.137. The maximum absolute atomic E-state index is 13.2. The van der Waals surface area contributed by atoms with Crippen LogP contribution in [0.15, 0.2) is 34.1 Å². The molecule has 0 spiro atoms. The lowest BCUT2D eigenvalue weighted by Gasteiger charge is -2.13. The number of carbonyl (C=O) groups is 2. The van der Waals surface area contributed by atoms with Crippen molar-refractivity contribution in [2.24, 2.45) is 0 Å². The van der Waals surface area contributed by atoms with Gasteiger partial charge in [-0.1, -0.05) is 30.0 Å². The minimum Gasteiger partial charge on any atom is -0.481 e. The Morgan fingerprint density at radius 3 is 2.88 bits per heavy atom. The van der Waals surface area contributed by atoms with Crippen LogP contribution in [0.2, 0.25) is 0 Å². The zero-order valence-corrected chi connectivity index (χ0v) is 19.4. The Balaban J connectivity index is 1.91. The molecular weight excluding hydrogens is 452 g/mol. The van der Waals surface area contributed by atoms with Crippen molar-refractivity contribution in [1.29, 1.82) is 0 Å². The van der Waals surface area contributed by atoms with Gasteiger partial charge < -0.3 is 15.2 Å². The first-order valence-corrected chi connectivity index (χ1v) is 11.3. The molecule has 11 heteroatoms. The molecule has 2 N–H and O–H groups in total. The number of nitrogens with one attached hydrogen (secondary N) is 1. The smallest absolute Gasteiger partial charge is 0.305 e. The van der Waals surface area contributed by atoms with Crippen molar-refractivity contribution in [3.8, 4) is 0 Å². The standard InChI is InChI=1S/C21H24N4O5S2/c1-13(2)30-11-5-8-22-18-14(19(28)24-9-4-3-6-16(24)23-18)12-15-20(29)25(21(31)32-15)10-7-17(26)27/h3-4,6,9,12-13,22H,5,7-8,10-11H2,1-2H3,(H,26,27)/b15-12-. The number of thioether (sulfide) groups is 1. The monoisotopic (exact) mass is 476 g/mol. The molecule has 1 aliphatic heterocycles. The van der Waals surface area contributed by atoms with Gasteiger partial charge >= 0.3 is 5.97 Å². The fourth-order valence-electron chi connectivity index (χ4n) is 3.00. The van der Waals surface area contributed by atoms with E-state index in [9.17, 15) is 14.4 Å². The summed E-state index contributed by atoms with van der Waals surface area (Å²) >= 11 is 6.27. The van der Waals surface area contributed by atoms with Gasteiger partial charge in [0.1, 0.15) is 15.8 Å². The van der Waals surface area contributed by atoms with E-state index in [0.717, 1.165) is 11.8 Å². The summed E-state index contributed by atoms with van der Waals surface area (Å²) in [6, 6.07) is 5.24. The van der Waals surface area contributed by atoms with Crippen molar-refractivity contribution in [1.82, 2.24) is 14.3 Å². The van der Waals surface area contributed by atoms with Gasteiger partial charge in [-0.05, 0) is 38.5 Å². The summed E-state index contributed by atoms with van der Waals surface area (Å²) in [5.74, 6) is -1.08. The molecule has 0 aliphatic carbocycles. The minimum atomic E-state index is -1.02. The predicted molar refractivity (Wildman–Crippen MR) is 128 cm³/mol. The van der Waals surface area contributed by atoms with Crippen molar-refractivity contribution in [3.63, 3.8) is 0 Å². The topological polar surface area (TPSA) is 113 Å². The van der Waals surface area contributed by atoms with E-state index in [4.69, 9.17) is 22.1 Å². The molecule has 0 saturated carbocycles. The number of carbonyl (C=O) groups excluding carboxylic acids is 1. The van der Waals surface area contributed by atoms with Gasteiger partial charge in [-0.3, -0.25) is 23.7 Å². The molecule has 2 aromatic rings. The summed E-state index contributed by atoms with van der Waals surface area (Å²) in [6.45, 7) is 5.00. The number of hydrogen-bond donors (Lipinski definition) is 2. The highest BCUT2D eigenvalue weighted by Gasteiger charge is 2.32. The summed E-state index contributed by atoms with van der Waals surface area (Å²) in [7, 11) is 0. The van der Waals surface area contributed by atoms with Gasteiger partial charge in [-0.15, -0.1) is 0 Å². The van der Waals surface area contributed by atoms with Crippen LogP contribution in [0.25, 0.3) is 11.7 Å². The van der Waals surface area contributed by atoms with Gasteiger partial charge in [0.15, 0.2) is 0 Å². The fourth-order valence-corrected chi connectivity index (χ4v) is 4.29. The second kappa shape index (κ2) is 10.7. The van der Waals surface area contributed by atoms with E-state index >= 15 is 0 Å². The number of carboxylic acid groups (broad SMARTS) is 1. The molecule has 1 saturated heterocycles. The SMILES string of the molecule is CC(C)OCCCNc1nc2ccccn2c(=O)c1/C=C1\SC(=S)N(CCC(=O)O)C1=O. The summed E-state index contributed by atoms with van der Waals surface area (Å²) in [6.07, 6.45) is 3.72. The van der Waals surface area contributed by atoms with Crippen LogP contribution in [0.4, 0.5) is 5.82 Å². The number of thiocarbonyl (C=S) groups is 1. The summed E-state index contributed by atoms with van der Waals surface area (Å²) in [4.78, 5) is 42.9. The number of amides is 1. The summed E-state index contributed by atoms with van der Waals surface area (Å²) in [5, 5.41) is 12.1. The molecule has 1 amide bonds. The molecule has 0 atom stereocenters. The number of fused-ring (bicyclic) bond motifs is 1. The molecule has 9 nitrogen and oxygen atoms in total. The van der Waals surface area contributed by atoms with Gasteiger partial charge in [0.25, 0.3) is 11.5 Å². The molecular formula is C21H24N4O5S2. The quantitative estimate of drug-likeness (QED) is 0.303. The van der Waals surface area contributed by atoms with Gasteiger partial charge in [0.05, 0.1) is 23.0 Å². The van der Waals surface area contributed by atoms with Crippen LogP contribution in [0.5, 0.6) is 0 Å². The number of ether oxygens (including phenoxy) is 1. The zero-order valence-electron chi connectivity index (χ0n) is 17.7. The Kier molecular flexibility index (Phi) is 7.99. The first-order valence-electron chi connectivity index (χ1n) is 10.1. The average Bonchev–Trinajstić information content (AvgIpc) is 3.01. The third-order valence-electron chi connectivity index (χ3n) is 4.53. The number of anilines is 1. The molecule has 1 aliphatic rings. The lowest BCUT2D eigenvalue weighted by Crippen LogP contribution is -2.30. The van der Waals surface area contributed by atoms with Gasteiger partial charge in [0.2, 0.25) is 0 Å². The average molecular weight is 477 g/mol. The van der Waals surface area contributed by atoms with Crippen LogP contribution in [-0.2, 0) is 14.3 Å². The largest absolute Gasteiger partial charge is 0.481 e. The lowest BCUT2D eigenvalue weighted by atomic mass is 10.2. The Labute approximate surface area is 194 Å². The second-order valence-electron chi connectivity index (χ2n) is 7.29. The van der Waals surface area contributed by atoms with Crippen LogP contribution in [-0.4, -0.2) is 61.4 Å². The minimum absolute atomic E-state index is 0.0206. The first kappa shape index (κ1) is 23.9. The van der Waals surface area contributed by atoms with Gasteiger partial charge in [-0.2, -0.15) is 0 Å². The van der Waals surface area contributed by atoms with E-state index in [2.05, 4.69) is 10.3 Å². The number of pyridine rings is 1. The van der Waals surface area contributed by atoms with Crippen molar-refractivity contribution in [2.45, 2.75) is 32.8 Å². The van der Waals surface area contributed by atoms with Crippen molar-refractivity contribution >= 4 is 57.7 Å². The Morgan fingerprint density at radius 1 is 1.38 bits per heavy atom. The van der Waals surface area contributed by atoms with Crippen LogP contribution in [0, 0.1) is 0 Å². The first-order chi connectivity index (χ1) is 15.3. The number of nitrogens with zero attached hydrogens (tertiary/aromatic N) is 3. The van der Waals surface area contributed by atoms with Crippen LogP contribution < -0.4 is 10.9 Å². The molecule has 170 valence electrons. The van der Waals surface area contributed by atoms with Gasteiger partial charge in [0, 0.05) is 25.9 Å². The van der Waals surface area contributed by atoms with E-state index in [-0.39, 0.29) is 39.4 Å². The van der Waals surface area contributed by atoms with Crippen molar-refractivity contribution in [2.75, 3.05) is 25.0 Å². The second-order valence-corrected chi connectivity index (χ2v) is 8.96. The highest BCUT2D eigenvalue weighted by molar-refractivity contribution is 8.26. The summed E-state index contributed by atoms with van der Waals surface area (Å²) in [5.41, 5.74) is 0.383. The Hall–Kier alpha value is -2.76. The van der Waals surface area contributed by atoms with E-state index in [1.165, 1.54) is 15.4 Å². The maximum atomic E-state index is 13.2. The van der Waals surface area contributed by atoms with Gasteiger partial charge in [-0.25, -0.2) is 4.98 Å².